The van der Waals surface area contributed by atoms with Crippen molar-refractivity contribution in [3.63, 3.8) is 0 Å². The number of nitrogens with one attached hydrogen (secondary N) is 1. The molecule has 1 heterocycles. The van der Waals surface area contributed by atoms with Crippen molar-refractivity contribution in [1.29, 1.82) is 0 Å². The van der Waals surface area contributed by atoms with Gasteiger partial charge in [-0.25, -0.2) is 9.37 Å². The van der Waals surface area contributed by atoms with E-state index in [-0.39, 0.29) is 11.9 Å². The molecule has 0 aliphatic heterocycles. The van der Waals surface area contributed by atoms with E-state index in [0.29, 0.717) is 13.1 Å². The number of guanidine groups is 1. The van der Waals surface area contributed by atoms with Gasteiger partial charge < -0.3 is 15.0 Å². The molecule has 2 rings (SSSR count). The van der Waals surface area contributed by atoms with Crippen molar-refractivity contribution >= 4 is 17.3 Å². The highest BCUT2D eigenvalue weighted by Gasteiger charge is 2.14. The lowest BCUT2D eigenvalue weighted by Crippen LogP contribution is -2.40. The van der Waals surface area contributed by atoms with Gasteiger partial charge >= 0.3 is 0 Å². The number of nitrogens with zero attached hydrogens (tertiary/aromatic N) is 3. The Hall–Kier alpha value is -1.99. The second kappa shape index (κ2) is 8.75. The van der Waals surface area contributed by atoms with Crippen LogP contribution in [0.3, 0.4) is 0 Å². The van der Waals surface area contributed by atoms with E-state index in [1.807, 2.05) is 18.9 Å². The molecule has 1 N–H and O–H groups in total. The smallest absolute Gasteiger partial charge is 0.193 e. The molecular weight excluding hydrogens is 327 g/mol. The first-order valence-electron chi connectivity index (χ1n) is 7.64. The summed E-state index contributed by atoms with van der Waals surface area (Å²) in [4.78, 5) is 10.8. The Morgan fingerprint density at radius 3 is 2.67 bits per heavy atom. The molecule has 1 atom stereocenters. The van der Waals surface area contributed by atoms with Gasteiger partial charge in [0, 0.05) is 33.1 Å². The van der Waals surface area contributed by atoms with E-state index in [0.717, 1.165) is 22.2 Å². The molecule has 0 amide bonds. The van der Waals surface area contributed by atoms with E-state index in [2.05, 4.69) is 20.7 Å². The van der Waals surface area contributed by atoms with E-state index >= 15 is 0 Å². The number of halogens is 1. The fourth-order valence-corrected chi connectivity index (χ4v) is 2.99. The molecule has 24 heavy (non-hydrogen) atoms. The van der Waals surface area contributed by atoms with Crippen LogP contribution in [0.2, 0.25) is 0 Å². The van der Waals surface area contributed by atoms with Crippen LogP contribution in [0.15, 0.2) is 34.6 Å². The molecule has 0 aliphatic carbocycles. The van der Waals surface area contributed by atoms with E-state index in [4.69, 9.17) is 4.74 Å². The zero-order valence-electron chi connectivity index (χ0n) is 14.4. The first-order chi connectivity index (χ1) is 11.5. The molecule has 5 nitrogen and oxygen atoms in total. The normalized spacial score (nSPS) is 13.0. The quantitative estimate of drug-likeness (QED) is 0.643. The number of aryl methyl sites for hydroxylation is 1. The van der Waals surface area contributed by atoms with Crippen LogP contribution < -0.4 is 5.32 Å². The average molecular weight is 350 g/mol. The summed E-state index contributed by atoms with van der Waals surface area (Å²) in [5.74, 6) is 0.500. The maximum Gasteiger partial charge on any atom is 0.193 e. The molecule has 0 spiro atoms. The van der Waals surface area contributed by atoms with Gasteiger partial charge in [-0.05, 0) is 24.6 Å². The van der Waals surface area contributed by atoms with E-state index in [1.54, 1.807) is 37.6 Å². The lowest BCUT2D eigenvalue weighted by Gasteiger charge is -2.24. The van der Waals surface area contributed by atoms with Gasteiger partial charge in [-0.3, -0.25) is 4.99 Å². The lowest BCUT2D eigenvalue weighted by molar-refractivity contribution is 0.106. The number of methoxy groups -OCH3 is 1. The van der Waals surface area contributed by atoms with Crippen molar-refractivity contribution in [2.75, 3.05) is 27.7 Å². The maximum absolute atomic E-state index is 13.0. The van der Waals surface area contributed by atoms with Gasteiger partial charge in [-0.2, -0.15) is 0 Å². The predicted molar refractivity (Wildman–Crippen MR) is 95.8 cm³/mol. The molecule has 1 aromatic heterocycles. The minimum Gasteiger partial charge on any atom is -0.375 e. The SMILES string of the molecule is CN=C(NCC(OC)c1ccc(F)cc1)N(C)Cc1csc(C)n1. The summed E-state index contributed by atoms with van der Waals surface area (Å²) < 4.78 is 18.6. The van der Waals surface area contributed by atoms with Crippen LogP contribution in [-0.4, -0.2) is 43.6 Å². The summed E-state index contributed by atoms with van der Waals surface area (Å²) in [6, 6.07) is 6.34. The third kappa shape index (κ3) is 5.01. The number of thiazole rings is 1. The summed E-state index contributed by atoms with van der Waals surface area (Å²) >= 11 is 1.64. The van der Waals surface area contributed by atoms with Crippen LogP contribution in [0.4, 0.5) is 4.39 Å². The summed E-state index contributed by atoms with van der Waals surface area (Å²) in [5, 5.41) is 6.40. The monoisotopic (exact) mass is 350 g/mol. The Morgan fingerprint density at radius 2 is 2.12 bits per heavy atom. The highest BCUT2D eigenvalue weighted by molar-refractivity contribution is 7.09. The average Bonchev–Trinajstić information content (AvgIpc) is 2.97. The molecule has 0 aliphatic rings. The molecule has 0 saturated carbocycles. The van der Waals surface area contributed by atoms with Crippen LogP contribution >= 0.6 is 11.3 Å². The summed E-state index contributed by atoms with van der Waals surface area (Å²) in [7, 11) is 5.34. The number of hydrogen-bond donors (Lipinski definition) is 1. The highest BCUT2D eigenvalue weighted by atomic mass is 32.1. The van der Waals surface area contributed by atoms with Gasteiger partial charge in [0.05, 0.1) is 23.4 Å². The molecular formula is C17H23FN4OS. The van der Waals surface area contributed by atoms with Crippen molar-refractivity contribution in [2.45, 2.75) is 19.6 Å². The van der Waals surface area contributed by atoms with Crippen molar-refractivity contribution in [1.82, 2.24) is 15.2 Å². The summed E-state index contributed by atoms with van der Waals surface area (Å²) in [6.45, 7) is 3.21. The molecule has 130 valence electrons. The molecule has 0 radical (unpaired) electrons. The van der Waals surface area contributed by atoms with E-state index in [9.17, 15) is 4.39 Å². The predicted octanol–water partition coefficient (Wildman–Crippen LogP) is 2.99. The Bertz CT molecular complexity index is 671. The number of hydrogen-bond acceptors (Lipinski definition) is 4. The van der Waals surface area contributed by atoms with Crippen molar-refractivity contribution in [2.24, 2.45) is 4.99 Å². The first-order valence-corrected chi connectivity index (χ1v) is 8.52. The number of benzene rings is 1. The van der Waals surface area contributed by atoms with Gasteiger partial charge in [0.15, 0.2) is 5.96 Å². The minimum atomic E-state index is -0.254. The van der Waals surface area contributed by atoms with Gasteiger partial charge in [-0.1, -0.05) is 12.1 Å². The first kappa shape index (κ1) is 18.4. The molecule has 0 saturated heterocycles. The third-order valence-electron chi connectivity index (χ3n) is 3.61. The fraction of sp³-hybridized carbons (Fsp3) is 0.412. The number of ether oxygens (including phenoxy) is 1. The number of aromatic nitrogens is 1. The molecule has 1 unspecified atom stereocenters. The zero-order valence-corrected chi connectivity index (χ0v) is 15.2. The van der Waals surface area contributed by atoms with Gasteiger partial charge in [-0.15, -0.1) is 11.3 Å². The van der Waals surface area contributed by atoms with Crippen molar-refractivity contribution in [3.05, 3.63) is 51.7 Å². The van der Waals surface area contributed by atoms with Crippen LogP contribution in [0.5, 0.6) is 0 Å². The molecule has 0 fully saturated rings. The summed E-state index contributed by atoms with van der Waals surface area (Å²) in [6.07, 6.45) is -0.183. The summed E-state index contributed by atoms with van der Waals surface area (Å²) in [5.41, 5.74) is 1.93. The Morgan fingerprint density at radius 1 is 1.42 bits per heavy atom. The Kier molecular flexibility index (Phi) is 6.69. The van der Waals surface area contributed by atoms with Gasteiger partial charge in [0.1, 0.15) is 5.82 Å². The largest absolute Gasteiger partial charge is 0.375 e. The van der Waals surface area contributed by atoms with E-state index < -0.39 is 0 Å². The number of aliphatic imine (C=N–C) groups is 1. The zero-order chi connectivity index (χ0) is 17.5. The van der Waals surface area contributed by atoms with Crippen molar-refractivity contribution < 1.29 is 9.13 Å². The second-order valence-electron chi connectivity index (χ2n) is 5.42. The highest BCUT2D eigenvalue weighted by Crippen LogP contribution is 2.16. The number of rotatable bonds is 6. The van der Waals surface area contributed by atoms with Gasteiger partial charge in [0.25, 0.3) is 0 Å². The fourth-order valence-electron chi connectivity index (χ4n) is 2.38. The molecule has 0 bridgehead atoms. The molecule has 1 aromatic carbocycles. The minimum absolute atomic E-state index is 0.183. The van der Waals surface area contributed by atoms with Crippen LogP contribution in [0, 0.1) is 12.7 Å². The van der Waals surface area contributed by atoms with Crippen LogP contribution in [0.1, 0.15) is 22.4 Å². The Labute approximate surface area is 146 Å². The van der Waals surface area contributed by atoms with E-state index in [1.165, 1.54) is 12.1 Å². The van der Waals surface area contributed by atoms with Crippen molar-refractivity contribution in [3.8, 4) is 0 Å². The third-order valence-corrected chi connectivity index (χ3v) is 4.43. The van der Waals surface area contributed by atoms with Crippen LogP contribution in [0.25, 0.3) is 0 Å². The van der Waals surface area contributed by atoms with Gasteiger partial charge in [0.2, 0.25) is 0 Å². The maximum atomic E-state index is 13.0. The lowest BCUT2D eigenvalue weighted by atomic mass is 10.1. The standard InChI is InChI=1S/C17H23FN4OS/c1-12-21-15(11-24-12)10-22(3)17(19-2)20-9-16(23-4)13-5-7-14(18)8-6-13/h5-8,11,16H,9-10H2,1-4H3,(H,19,20). The molecule has 7 heteroatoms. The van der Waals surface area contributed by atoms with Crippen LogP contribution in [-0.2, 0) is 11.3 Å². The second-order valence-corrected chi connectivity index (χ2v) is 6.48. The molecule has 2 aromatic rings. The topological polar surface area (TPSA) is 49.8 Å². The Balaban J connectivity index is 1.95.